The second kappa shape index (κ2) is 6.22. The van der Waals surface area contributed by atoms with Gasteiger partial charge in [0.25, 0.3) is 0 Å². The molecule has 0 atom stereocenters. The number of benzene rings is 3. The van der Waals surface area contributed by atoms with Crippen molar-refractivity contribution >= 4 is 28.4 Å². The summed E-state index contributed by atoms with van der Waals surface area (Å²) in [5.41, 5.74) is 10.9. The van der Waals surface area contributed by atoms with Gasteiger partial charge in [-0.05, 0) is 48.5 Å². The van der Waals surface area contributed by atoms with E-state index in [0.29, 0.717) is 0 Å². The Bertz CT molecular complexity index is 736. The summed E-state index contributed by atoms with van der Waals surface area (Å²) in [6.45, 7) is 0. The average Bonchev–Trinajstić information content (AvgIpc) is 2.58. The number of para-hydroxylation sites is 3. The first-order chi connectivity index (χ1) is 10.8. The lowest BCUT2D eigenvalue weighted by atomic mass is 10.1. The van der Waals surface area contributed by atoms with E-state index in [-0.39, 0.29) is 0 Å². The summed E-state index contributed by atoms with van der Waals surface area (Å²) in [6.07, 6.45) is 0. The lowest BCUT2D eigenvalue weighted by Gasteiger charge is -2.27. The molecular formula is C19H19N3. The normalized spacial score (nSPS) is 10.2. The standard InChI is InChI=1S/C19H19N3/c1-21-18-9-5-6-10-19(18)22(16-7-3-2-4-8-16)17-13-11-15(20)12-14-17/h2-14,21H,20H2,1H3. The predicted octanol–water partition coefficient (Wildman–Crippen LogP) is 4.78. The molecule has 22 heavy (non-hydrogen) atoms. The molecule has 0 aromatic heterocycles. The molecule has 3 nitrogen and oxygen atoms in total. The van der Waals surface area contributed by atoms with Crippen molar-refractivity contribution in [1.29, 1.82) is 0 Å². The third-order valence-corrected chi connectivity index (χ3v) is 3.58. The van der Waals surface area contributed by atoms with Gasteiger partial charge in [0.2, 0.25) is 0 Å². The smallest absolute Gasteiger partial charge is 0.0693 e. The van der Waals surface area contributed by atoms with Gasteiger partial charge < -0.3 is 16.0 Å². The zero-order valence-corrected chi connectivity index (χ0v) is 12.5. The molecule has 0 bridgehead atoms. The predicted molar refractivity (Wildman–Crippen MR) is 95.1 cm³/mol. The topological polar surface area (TPSA) is 41.3 Å². The van der Waals surface area contributed by atoms with Crippen LogP contribution < -0.4 is 16.0 Å². The maximum Gasteiger partial charge on any atom is 0.0693 e. The number of hydrogen-bond donors (Lipinski definition) is 2. The molecule has 3 N–H and O–H groups in total. The van der Waals surface area contributed by atoms with E-state index in [1.54, 1.807) is 0 Å². The maximum absolute atomic E-state index is 5.83. The number of anilines is 5. The Morgan fingerprint density at radius 2 is 1.32 bits per heavy atom. The molecule has 0 fully saturated rings. The minimum absolute atomic E-state index is 0.763. The van der Waals surface area contributed by atoms with Crippen molar-refractivity contribution in [2.75, 3.05) is 23.0 Å². The summed E-state index contributed by atoms with van der Waals surface area (Å²) in [6, 6.07) is 26.5. The van der Waals surface area contributed by atoms with Crippen molar-refractivity contribution in [1.82, 2.24) is 0 Å². The molecule has 0 saturated heterocycles. The average molecular weight is 289 g/mol. The van der Waals surface area contributed by atoms with Gasteiger partial charge in [-0.2, -0.15) is 0 Å². The van der Waals surface area contributed by atoms with Crippen molar-refractivity contribution in [3.05, 3.63) is 78.9 Å². The molecule has 0 aliphatic carbocycles. The Balaban J connectivity index is 2.17. The Kier molecular flexibility index (Phi) is 3.97. The van der Waals surface area contributed by atoms with Crippen LogP contribution in [0.1, 0.15) is 0 Å². The highest BCUT2D eigenvalue weighted by Crippen LogP contribution is 2.38. The molecular weight excluding hydrogens is 270 g/mol. The quantitative estimate of drug-likeness (QED) is 0.679. The van der Waals surface area contributed by atoms with Crippen LogP contribution in [0.4, 0.5) is 28.4 Å². The molecule has 110 valence electrons. The second-order valence-electron chi connectivity index (χ2n) is 5.03. The molecule has 3 aromatic carbocycles. The van der Waals surface area contributed by atoms with Crippen molar-refractivity contribution < 1.29 is 0 Å². The number of nitrogens with zero attached hydrogens (tertiary/aromatic N) is 1. The van der Waals surface area contributed by atoms with Crippen molar-refractivity contribution in [3.8, 4) is 0 Å². The van der Waals surface area contributed by atoms with E-state index in [2.05, 4.69) is 34.5 Å². The maximum atomic E-state index is 5.83. The molecule has 0 spiro atoms. The fraction of sp³-hybridized carbons (Fsp3) is 0.0526. The minimum Gasteiger partial charge on any atom is -0.399 e. The number of nitrogen functional groups attached to an aromatic ring is 1. The highest BCUT2D eigenvalue weighted by Gasteiger charge is 2.14. The number of nitrogens with two attached hydrogens (primary N) is 1. The lowest BCUT2D eigenvalue weighted by Crippen LogP contribution is -2.11. The van der Waals surface area contributed by atoms with E-state index in [9.17, 15) is 0 Å². The zero-order valence-electron chi connectivity index (χ0n) is 12.5. The summed E-state index contributed by atoms with van der Waals surface area (Å²) in [5, 5.41) is 3.26. The zero-order chi connectivity index (χ0) is 15.4. The highest BCUT2D eigenvalue weighted by molar-refractivity contribution is 5.84. The van der Waals surface area contributed by atoms with E-state index >= 15 is 0 Å². The van der Waals surface area contributed by atoms with Crippen molar-refractivity contribution in [2.24, 2.45) is 0 Å². The van der Waals surface area contributed by atoms with Gasteiger partial charge in [-0.1, -0.05) is 30.3 Å². The molecule has 0 amide bonds. The molecule has 0 unspecified atom stereocenters. The van der Waals surface area contributed by atoms with Crippen LogP contribution in [-0.4, -0.2) is 7.05 Å². The van der Waals surface area contributed by atoms with Crippen molar-refractivity contribution in [2.45, 2.75) is 0 Å². The van der Waals surface area contributed by atoms with Gasteiger partial charge in [0.15, 0.2) is 0 Å². The van der Waals surface area contributed by atoms with Crippen LogP contribution in [0.25, 0.3) is 0 Å². The summed E-state index contributed by atoms with van der Waals surface area (Å²) in [4.78, 5) is 2.21. The fourth-order valence-corrected chi connectivity index (χ4v) is 2.51. The van der Waals surface area contributed by atoms with Crippen molar-refractivity contribution in [3.63, 3.8) is 0 Å². The van der Waals surface area contributed by atoms with Gasteiger partial charge in [-0.25, -0.2) is 0 Å². The van der Waals surface area contributed by atoms with Gasteiger partial charge in [0.05, 0.1) is 11.4 Å². The van der Waals surface area contributed by atoms with Crippen LogP contribution in [0.15, 0.2) is 78.9 Å². The van der Waals surface area contributed by atoms with Crippen LogP contribution in [0.5, 0.6) is 0 Å². The van der Waals surface area contributed by atoms with Crippen LogP contribution in [0, 0.1) is 0 Å². The Morgan fingerprint density at radius 3 is 2.00 bits per heavy atom. The monoisotopic (exact) mass is 289 g/mol. The van der Waals surface area contributed by atoms with Gasteiger partial charge in [-0.3, -0.25) is 0 Å². The Hall–Kier alpha value is -2.94. The highest BCUT2D eigenvalue weighted by atomic mass is 15.2. The second-order valence-corrected chi connectivity index (χ2v) is 5.03. The minimum atomic E-state index is 0.763. The van der Waals surface area contributed by atoms with E-state index in [4.69, 9.17) is 5.73 Å². The molecule has 3 rings (SSSR count). The molecule has 0 aliphatic rings. The summed E-state index contributed by atoms with van der Waals surface area (Å²) < 4.78 is 0. The molecule has 0 saturated carbocycles. The molecule has 0 heterocycles. The SMILES string of the molecule is CNc1ccccc1N(c1ccccc1)c1ccc(N)cc1. The van der Waals surface area contributed by atoms with Crippen LogP contribution in [0.2, 0.25) is 0 Å². The van der Waals surface area contributed by atoms with Gasteiger partial charge in [0, 0.05) is 24.1 Å². The van der Waals surface area contributed by atoms with E-state index in [0.717, 1.165) is 28.4 Å². The number of nitrogens with one attached hydrogen (secondary N) is 1. The third kappa shape index (κ3) is 2.74. The van der Waals surface area contributed by atoms with Crippen LogP contribution >= 0.6 is 0 Å². The van der Waals surface area contributed by atoms with E-state index in [1.165, 1.54) is 0 Å². The number of rotatable bonds is 4. The van der Waals surface area contributed by atoms with E-state index < -0.39 is 0 Å². The summed E-state index contributed by atoms with van der Waals surface area (Å²) >= 11 is 0. The Labute approximate surface area is 131 Å². The summed E-state index contributed by atoms with van der Waals surface area (Å²) in [5.74, 6) is 0. The fourth-order valence-electron chi connectivity index (χ4n) is 2.51. The van der Waals surface area contributed by atoms with Crippen LogP contribution in [-0.2, 0) is 0 Å². The first-order valence-electron chi connectivity index (χ1n) is 7.27. The van der Waals surface area contributed by atoms with Crippen LogP contribution in [0.3, 0.4) is 0 Å². The van der Waals surface area contributed by atoms with Gasteiger partial charge in [-0.15, -0.1) is 0 Å². The van der Waals surface area contributed by atoms with Gasteiger partial charge >= 0.3 is 0 Å². The van der Waals surface area contributed by atoms with Gasteiger partial charge in [0.1, 0.15) is 0 Å². The summed E-state index contributed by atoms with van der Waals surface area (Å²) in [7, 11) is 1.94. The molecule has 0 aliphatic heterocycles. The molecule has 3 heteroatoms. The number of hydrogen-bond acceptors (Lipinski definition) is 3. The first-order valence-corrected chi connectivity index (χ1v) is 7.27. The van der Waals surface area contributed by atoms with E-state index in [1.807, 2.05) is 61.6 Å². The third-order valence-electron chi connectivity index (χ3n) is 3.58. The largest absolute Gasteiger partial charge is 0.399 e. The first kappa shape index (κ1) is 14.0. The molecule has 0 radical (unpaired) electrons. The molecule has 3 aromatic rings. The lowest BCUT2D eigenvalue weighted by molar-refractivity contribution is 1.28. The Morgan fingerprint density at radius 1 is 0.727 bits per heavy atom.